The van der Waals surface area contributed by atoms with Crippen molar-refractivity contribution in [2.24, 2.45) is 0 Å². The Morgan fingerprint density at radius 3 is 1.23 bits per heavy atom. The summed E-state index contributed by atoms with van der Waals surface area (Å²) in [6.07, 6.45) is 0. The summed E-state index contributed by atoms with van der Waals surface area (Å²) < 4.78 is 5.81. The minimum absolute atomic E-state index is 0.115. The molecule has 13 heavy (non-hydrogen) atoms. The molecular weight excluding hydrogens is 160 g/mol. The van der Waals surface area contributed by atoms with Crippen LogP contribution in [0.4, 0.5) is 0 Å². The quantitative estimate of drug-likeness (QED) is 0.590. The summed E-state index contributed by atoms with van der Waals surface area (Å²) in [4.78, 5) is 0. The maximum absolute atomic E-state index is 5.81. The molecule has 1 heterocycles. The Morgan fingerprint density at radius 2 is 1.08 bits per heavy atom. The van der Waals surface area contributed by atoms with Crippen molar-refractivity contribution in [3.05, 3.63) is 23.7 Å². The molecule has 1 rings (SSSR count). The molecule has 0 amide bonds. The lowest BCUT2D eigenvalue weighted by molar-refractivity contribution is 0.344. The van der Waals surface area contributed by atoms with Gasteiger partial charge in [0.1, 0.15) is 11.5 Å². The van der Waals surface area contributed by atoms with Gasteiger partial charge in [-0.15, -0.1) is 0 Å². The molecule has 0 aliphatic carbocycles. The Bertz CT molecular complexity index is 252. The van der Waals surface area contributed by atoms with E-state index in [2.05, 4.69) is 53.7 Å². The van der Waals surface area contributed by atoms with Crippen molar-refractivity contribution in [3.63, 3.8) is 0 Å². The lowest BCUT2D eigenvalue weighted by Gasteiger charge is -2.17. The molecule has 0 aliphatic rings. The first kappa shape index (κ1) is 10.4. The normalized spacial score (nSPS) is 13.4. The van der Waals surface area contributed by atoms with Gasteiger partial charge in [-0.25, -0.2) is 0 Å². The average Bonchev–Trinajstić information content (AvgIpc) is 2.28. The van der Waals surface area contributed by atoms with E-state index < -0.39 is 0 Å². The second-order valence-electron chi connectivity index (χ2n) is 5.66. The highest BCUT2D eigenvalue weighted by molar-refractivity contribution is 5.18. The minimum Gasteiger partial charge on any atom is -0.465 e. The van der Waals surface area contributed by atoms with Crippen LogP contribution >= 0.6 is 0 Å². The second kappa shape index (κ2) is 2.90. The van der Waals surface area contributed by atoms with Gasteiger partial charge in [0, 0.05) is 10.8 Å². The maximum atomic E-state index is 5.81. The fourth-order valence-corrected chi connectivity index (χ4v) is 1.14. The van der Waals surface area contributed by atoms with Crippen molar-refractivity contribution in [3.8, 4) is 0 Å². The zero-order valence-corrected chi connectivity index (χ0v) is 9.56. The van der Waals surface area contributed by atoms with Crippen LogP contribution in [0.1, 0.15) is 53.1 Å². The fourth-order valence-electron chi connectivity index (χ4n) is 1.14. The SMILES string of the molecule is CC(C)(C)c1ccc(C(C)(C)C)o1. The molecule has 0 atom stereocenters. The number of hydrogen-bond donors (Lipinski definition) is 0. The van der Waals surface area contributed by atoms with Crippen LogP contribution in [0.15, 0.2) is 16.5 Å². The highest BCUT2D eigenvalue weighted by Crippen LogP contribution is 2.29. The molecule has 0 spiro atoms. The van der Waals surface area contributed by atoms with Crippen molar-refractivity contribution < 1.29 is 4.42 Å². The Morgan fingerprint density at radius 1 is 0.769 bits per heavy atom. The first-order valence-electron chi connectivity index (χ1n) is 4.82. The maximum Gasteiger partial charge on any atom is 0.109 e. The van der Waals surface area contributed by atoms with E-state index in [0.717, 1.165) is 11.5 Å². The zero-order valence-electron chi connectivity index (χ0n) is 9.56. The van der Waals surface area contributed by atoms with Crippen LogP contribution in [0.5, 0.6) is 0 Å². The predicted octanol–water partition coefficient (Wildman–Crippen LogP) is 3.87. The van der Waals surface area contributed by atoms with Gasteiger partial charge in [-0.1, -0.05) is 41.5 Å². The minimum atomic E-state index is 0.115. The molecule has 0 fully saturated rings. The third-order valence-corrected chi connectivity index (χ3v) is 2.08. The summed E-state index contributed by atoms with van der Waals surface area (Å²) >= 11 is 0. The highest BCUT2D eigenvalue weighted by atomic mass is 16.3. The summed E-state index contributed by atoms with van der Waals surface area (Å²) in [6.45, 7) is 13.0. The molecule has 0 aliphatic heterocycles. The van der Waals surface area contributed by atoms with E-state index in [-0.39, 0.29) is 10.8 Å². The Hall–Kier alpha value is -0.720. The Kier molecular flexibility index (Phi) is 2.31. The summed E-state index contributed by atoms with van der Waals surface area (Å²) in [5.74, 6) is 2.13. The van der Waals surface area contributed by atoms with Gasteiger partial charge in [0.2, 0.25) is 0 Å². The first-order chi connectivity index (χ1) is 5.71. The fraction of sp³-hybridized carbons (Fsp3) is 0.667. The predicted molar refractivity (Wildman–Crippen MR) is 56.1 cm³/mol. The lowest BCUT2D eigenvalue weighted by Crippen LogP contribution is -2.11. The van der Waals surface area contributed by atoms with Gasteiger partial charge in [-0.05, 0) is 12.1 Å². The monoisotopic (exact) mass is 180 g/mol. The van der Waals surface area contributed by atoms with Crippen molar-refractivity contribution in [1.29, 1.82) is 0 Å². The molecule has 0 aromatic carbocycles. The van der Waals surface area contributed by atoms with Crippen LogP contribution < -0.4 is 0 Å². The molecule has 1 nitrogen and oxygen atoms in total. The van der Waals surface area contributed by atoms with E-state index in [1.165, 1.54) is 0 Å². The van der Waals surface area contributed by atoms with Gasteiger partial charge in [0.25, 0.3) is 0 Å². The zero-order chi connectivity index (χ0) is 10.3. The molecule has 1 heteroatoms. The molecule has 74 valence electrons. The largest absolute Gasteiger partial charge is 0.465 e. The molecule has 1 aromatic heterocycles. The van der Waals surface area contributed by atoms with E-state index in [4.69, 9.17) is 4.42 Å². The molecule has 0 unspecified atom stereocenters. The average molecular weight is 180 g/mol. The van der Waals surface area contributed by atoms with E-state index >= 15 is 0 Å². The van der Waals surface area contributed by atoms with Crippen LogP contribution in [-0.4, -0.2) is 0 Å². The Labute approximate surface area is 81.1 Å². The summed E-state index contributed by atoms with van der Waals surface area (Å²) in [5.41, 5.74) is 0.229. The van der Waals surface area contributed by atoms with Crippen molar-refractivity contribution in [1.82, 2.24) is 0 Å². The van der Waals surface area contributed by atoms with Crippen LogP contribution in [0.3, 0.4) is 0 Å². The Balaban J connectivity index is 3.01. The second-order valence-corrected chi connectivity index (χ2v) is 5.66. The highest BCUT2D eigenvalue weighted by Gasteiger charge is 2.23. The van der Waals surface area contributed by atoms with Gasteiger partial charge in [0.05, 0.1) is 0 Å². The van der Waals surface area contributed by atoms with Crippen LogP contribution in [0.25, 0.3) is 0 Å². The van der Waals surface area contributed by atoms with Crippen LogP contribution in [-0.2, 0) is 10.8 Å². The molecule has 0 N–H and O–H groups in total. The van der Waals surface area contributed by atoms with Crippen molar-refractivity contribution >= 4 is 0 Å². The van der Waals surface area contributed by atoms with Crippen molar-refractivity contribution in [2.45, 2.75) is 52.4 Å². The van der Waals surface area contributed by atoms with Crippen molar-refractivity contribution in [2.75, 3.05) is 0 Å². The van der Waals surface area contributed by atoms with E-state index in [0.29, 0.717) is 0 Å². The molecule has 0 bridgehead atoms. The van der Waals surface area contributed by atoms with Gasteiger partial charge in [0.15, 0.2) is 0 Å². The van der Waals surface area contributed by atoms with Crippen LogP contribution in [0.2, 0.25) is 0 Å². The van der Waals surface area contributed by atoms with Crippen LogP contribution in [0, 0.1) is 0 Å². The van der Waals surface area contributed by atoms with Gasteiger partial charge in [-0.3, -0.25) is 0 Å². The molecule has 1 aromatic rings. The van der Waals surface area contributed by atoms with Gasteiger partial charge < -0.3 is 4.42 Å². The summed E-state index contributed by atoms with van der Waals surface area (Å²) in [7, 11) is 0. The smallest absolute Gasteiger partial charge is 0.109 e. The standard InChI is InChI=1S/C12H20O/c1-11(2,3)9-7-8-10(13-9)12(4,5)6/h7-8H,1-6H3. The number of furan rings is 1. The molecule has 0 saturated carbocycles. The van der Waals surface area contributed by atoms with Gasteiger partial charge >= 0.3 is 0 Å². The number of rotatable bonds is 0. The number of hydrogen-bond acceptors (Lipinski definition) is 1. The topological polar surface area (TPSA) is 13.1 Å². The summed E-state index contributed by atoms with van der Waals surface area (Å²) in [5, 5.41) is 0. The van der Waals surface area contributed by atoms with E-state index in [1.54, 1.807) is 0 Å². The van der Waals surface area contributed by atoms with E-state index in [9.17, 15) is 0 Å². The molecule has 0 radical (unpaired) electrons. The lowest BCUT2D eigenvalue weighted by atomic mass is 9.93. The molecule has 0 saturated heterocycles. The summed E-state index contributed by atoms with van der Waals surface area (Å²) in [6, 6.07) is 4.17. The van der Waals surface area contributed by atoms with E-state index in [1.807, 2.05) is 0 Å². The third kappa shape index (κ3) is 2.36. The first-order valence-corrected chi connectivity index (χ1v) is 4.82. The van der Waals surface area contributed by atoms with Gasteiger partial charge in [-0.2, -0.15) is 0 Å². The molecular formula is C12H20O. The third-order valence-electron chi connectivity index (χ3n) is 2.08.